The van der Waals surface area contributed by atoms with E-state index in [1.165, 1.54) is 0 Å². The highest BCUT2D eigenvalue weighted by Gasteiger charge is 2.12. The standard InChI is InChI=1S/C13H15N3OS/c1-2-3-4-7-10-17-13-12(15-18-16-13)11-8-5-6-9-14-11/h3-6,8-9H,2,7,10H2,1H3. The van der Waals surface area contributed by atoms with Crippen LogP contribution in [0.5, 0.6) is 5.88 Å². The van der Waals surface area contributed by atoms with Crippen LogP contribution >= 0.6 is 11.7 Å². The van der Waals surface area contributed by atoms with Crippen LogP contribution in [0.4, 0.5) is 0 Å². The topological polar surface area (TPSA) is 47.9 Å². The van der Waals surface area contributed by atoms with Gasteiger partial charge in [-0.1, -0.05) is 25.1 Å². The first kappa shape index (κ1) is 12.7. The number of ether oxygens (including phenoxy) is 1. The number of aromatic nitrogens is 3. The summed E-state index contributed by atoms with van der Waals surface area (Å²) in [6, 6.07) is 5.70. The molecule has 5 heteroatoms. The lowest BCUT2D eigenvalue weighted by Gasteiger charge is -2.02. The molecule has 94 valence electrons. The summed E-state index contributed by atoms with van der Waals surface area (Å²) in [7, 11) is 0. The maximum Gasteiger partial charge on any atom is 0.255 e. The van der Waals surface area contributed by atoms with Gasteiger partial charge in [0.15, 0.2) is 5.69 Å². The first-order valence-corrected chi connectivity index (χ1v) is 6.66. The molecule has 0 saturated carbocycles. The molecule has 0 N–H and O–H groups in total. The molecule has 0 aliphatic carbocycles. The molecule has 18 heavy (non-hydrogen) atoms. The predicted molar refractivity (Wildman–Crippen MR) is 72.7 cm³/mol. The summed E-state index contributed by atoms with van der Waals surface area (Å²) in [5, 5.41) is 0. The van der Waals surface area contributed by atoms with Crippen LogP contribution in [0.3, 0.4) is 0 Å². The molecule has 2 aromatic heterocycles. The summed E-state index contributed by atoms with van der Waals surface area (Å²) in [6.45, 7) is 2.72. The first-order valence-electron chi connectivity index (χ1n) is 5.93. The van der Waals surface area contributed by atoms with Crippen molar-refractivity contribution in [2.75, 3.05) is 6.61 Å². The van der Waals surface area contributed by atoms with Gasteiger partial charge in [0, 0.05) is 6.20 Å². The summed E-state index contributed by atoms with van der Waals surface area (Å²) >= 11 is 1.15. The van der Waals surface area contributed by atoms with Crippen molar-refractivity contribution >= 4 is 11.7 Å². The predicted octanol–water partition coefficient (Wildman–Crippen LogP) is 3.34. The van der Waals surface area contributed by atoms with Crippen LogP contribution in [0, 0.1) is 0 Å². The molecule has 0 amide bonds. The second kappa shape index (κ2) is 6.86. The molecule has 4 nitrogen and oxygen atoms in total. The average molecular weight is 261 g/mol. The third kappa shape index (κ3) is 3.37. The number of pyridine rings is 1. The largest absolute Gasteiger partial charge is 0.475 e. The Hall–Kier alpha value is -1.75. The van der Waals surface area contributed by atoms with Crippen molar-refractivity contribution in [3.63, 3.8) is 0 Å². The van der Waals surface area contributed by atoms with Crippen molar-refractivity contribution < 1.29 is 4.74 Å². The fourth-order valence-corrected chi connectivity index (χ4v) is 1.95. The minimum atomic E-state index is 0.573. The smallest absolute Gasteiger partial charge is 0.255 e. The Kier molecular flexibility index (Phi) is 4.84. The monoisotopic (exact) mass is 261 g/mol. The highest BCUT2D eigenvalue weighted by atomic mass is 32.1. The maximum atomic E-state index is 5.62. The fraction of sp³-hybridized carbons (Fsp3) is 0.308. The molecule has 0 aliphatic rings. The van der Waals surface area contributed by atoms with Gasteiger partial charge >= 0.3 is 0 Å². The zero-order valence-corrected chi connectivity index (χ0v) is 11.1. The fourth-order valence-electron chi connectivity index (χ4n) is 1.44. The minimum Gasteiger partial charge on any atom is -0.475 e. The van der Waals surface area contributed by atoms with Crippen LogP contribution in [-0.4, -0.2) is 20.3 Å². The number of hydrogen-bond acceptors (Lipinski definition) is 5. The lowest BCUT2D eigenvalue weighted by atomic mass is 10.3. The number of nitrogens with zero attached hydrogens (tertiary/aromatic N) is 3. The normalized spacial score (nSPS) is 10.9. The Morgan fingerprint density at radius 3 is 3.00 bits per heavy atom. The first-order chi connectivity index (χ1) is 8.92. The maximum absolute atomic E-state index is 5.62. The van der Waals surface area contributed by atoms with Gasteiger partial charge in [0.2, 0.25) is 0 Å². The zero-order valence-electron chi connectivity index (χ0n) is 10.2. The zero-order chi connectivity index (χ0) is 12.6. The molecule has 0 aliphatic heterocycles. The lowest BCUT2D eigenvalue weighted by molar-refractivity contribution is 0.316. The van der Waals surface area contributed by atoms with Crippen molar-refractivity contribution in [1.29, 1.82) is 0 Å². The summed E-state index contributed by atoms with van der Waals surface area (Å²) in [5.41, 5.74) is 1.52. The summed E-state index contributed by atoms with van der Waals surface area (Å²) in [6.07, 6.45) is 7.91. The third-order valence-corrected chi connectivity index (χ3v) is 2.80. The highest BCUT2D eigenvalue weighted by molar-refractivity contribution is 6.99. The van der Waals surface area contributed by atoms with Gasteiger partial charge in [0.1, 0.15) is 0 Å². The van der Waals surface area contributed by atoms with Gasteiger partial charge in [0.25, 0.3) is 5.88 Å². The van der Waals surface area contributed by atoms with Gasteiger partial charge in [-0.3, -0.25) is 4.98 Å². The van der Waals surface area contributed by atoms with E-state index in [9.17, 15) is 0 Å². The van der Waals surface area contributed by atoms with Crippen molar-refractivity contribution in [2.24, 2.45) is 0 Å². The van der Waals surface area contributed by atoms with Gasteiger partial charge in [0.05, 0.1) is 24.0 Å². The third-order valence-electron chi connectivity index (χ3n) is 2.29. The van der Waals surface area contributed by atoms with E-state index in [0.29, 0.717) is 12.5 Å². The molecule has 2 heterocycles. The summed E-state index contributed by atoms with van der Waals surface area (Å²) < 4.78 is 14.0. The van der Waals surface area contributed by atoms with Crippen LogP contribution in [0.2, 0.25) is 0 Å². The molecule has 2 aromatic rings. The second-order valence-corrected chi connectivity index (χ2v) is 4.18. The molecule has 0 fully saturated rings. The molecule has 0 atom stereocenters. The van der Waals surface area contributed by atoms with Gasteiger partial charge in [-0.2, -0.15) is 4.37 Å². The van der Waals surface area contributed by atoms with Crippen LogP contribution in [-0.2, 0) is 0 Å². The van der Waals surface area contributed by atoms with E-state index in [1.807, 2.05) is 18.2 Å². The molecule has 0 bridgehead atoms. The van der Waals surface area contributed by atoms with E-state index in [0.717, 1.165) is 36.0 Å². The van der Waals surface area contributed by atoms with Crippen LogP contribution in [0.25, 0.3) is 11.4 Å². The van der Waals surface area contributed by atoms with E-state index in [4.69, 9.17) is 4.74 Å². The minimum absolute atomic E-state index is 0.573. The van der Waals surface area contributed by atoms with Gasteiger partial charge < -0.3 is 4.74 Å². The van der Waals surface area contributed by atoms with Crippen LogP contribution < -0.4 is 4.74 Å². The SMILES string of the molecule is CCC=CCCOc1nsnc1-c1ccccn1. The second-order valence-electron chi connectivity index (χ2n) is 3.65. The van der Waals surface area contributed by atoms with E-state index < -0.39 is 0 Å². The quantitative estimate of drug-likeness (QED) is 0.591. The van der Waals surface area contributed by atoms with Crippen molar-refractivity contribution in [1.82, 2.24) is 13.7 Å². The molecule has 0 spiro atoms. The Balaban J connectivity index is 1.98. The number of allylic oxidation sites excluding steroid dienone is 1. The molecule has 0 unspecified atom stereocenters. The lowest BCUT2D eigenvalue weighted by Crippen LogP contribution is -1.97. The molecule has 0 saturated heterocycles. The van der Waals surface area contributed by atoms with Gasteiger partial charge in [-0.25, -0.2) is 0 Å². The number of hydrogen-bond donors (Lipinski definition) is 0. The van der Waals surface area contributed by atoms with E-state index in [-0.39, 0.29) is 0 Å². The molecule has 0 radical (unpaired) electrons. The van der Waals surface area contributed by atoms with Gasteiger partial charge in [-0.15, -0.1) is 4.37 Å². The van der Waals surface area contributed by atoms with E-state index >= 15 is 0 Å². The molecule has 2 rings (SSSR count). The Morgan fingerprint density at radius 1 is 1.28 bits per heavy atom. The van der Waals surface area contributed by atoms with Gasteiger partial charge in [-0.05, 0) is 25.0 Å². The summed E-state index contributed by atoms with van der Waals surface area (Å²) in [5.74, 6) is 0.573. The molecule has 0 aromatic carbocycles. The molecular weight excluding hydrogens is 246 g/mol. The van der Waals surface area contributed by atoms with Crippen molar-refractivity contribution in [2.45, 2.75) is 19.8 Å². The van der Waals surface area contributed by atoms with E-state index in [1.54, 1.807) is 6.20 Å². The van der Waals surface area contributed by atoms with Crippen LogP contribution in [0.1, 0.15) is 19.8 Å². The Bertz CT molecular complexity index is 496. The Morgan fingerprint density at radius 2 is 2.22 bits per heavy atom. The highest BCUT2D eigenvalue weighted by Crippen LogP contribution is 2.25. The van der Waals surface area contributed by atoms with Crippen molar-refractivity contribution in [3.8, 4) is 17.3 Å². The molecular formula is C13H15N3OS. The van der Waals surface area contributed by atoms with E-state index in [2.05, 4.69) is 32.8 Å². The summed E-state index contributed by atoms with van der Waals surface area (Å²) in [4.78, 5) is 4.25. The van der Waals surface area contributed by atoms with Crippen molar-refractivity contribution in [3.05, 3.63) is 36.5 Å². The average Bonchev–Trinajstić information content (AvgIpc) is 2.88. The Labute approximate surface area is 111 Å². The number of rotatable bonds is 6. The van der Waals surface area contributed by atoms with Crippen LogP contribution in [0.15, 0.2) is 36.5 Å².